The van der Waals surface area contributed by atoms with E-state index in [0.29, 0.717) is 0 Å². The molecule has 1 atom stereocenters. The van der Waals surface area contributed by atoms with Crippen molar-refractivity contribution in [2.24, 2.45) is 11.7 Å². The molecule has 0 bridgehead atoms. The molecule has 1 saturated heterocycles. The van der Waals surface area contributed by atoms with Crippen LogP contribution in [0.1, 0.15) is 13.8 Å². The van der Waals surface area contributed by atoms with Crippen LogP contribution in [0.3, 0.4) is 0 Å². The number of carbonyl (C=O) groups is 2. The largest absolute Gasteiger partial charge is 0.325 e. The Morgan fingerprint density at radius 1 is 1.54 bits per heavy atom. The molecule has 0 radical (unpaired) electrons. The molecule has 1 rings (SSSR count). The van der Waals surface area contributed by atoms with Gasteiger partial charge in [-0.2, -0.15) is 0 Å². The molecule has 1 aliphatic heterocycles. The SMILES string of the molecule is CC(C)C1C(=O)NC(=O)N1CN.Cl. The lowest BCUT2D eigenvalue weighted by Gasteiger charge is -2.22. The zero-order valence-corrected chi connectivity index (χ0v) is 8.43. The van der Waals surface area contributed by atoms with E-state index < -0.39 is 6.04 Å². The predicted octanol–water partition coefficient (Wildman–Crippen LogP) is -0.0992. The number of hydrogen-bond acceptors (Lipinski definition) is 3. The number of imide groups is 1. The molecule has 0 aromatic rings. The molecule has 0 aliphatic carbocycles. The number of urea groups is 1. The van der Waals surface area contributed by atoms with Gasteiger partial charge in [-0.3, -0.25) is 15.0 Å². The Morgan fingerprint density at radius 2 is 2.08 bits per heavy atom. The van der Waals surface area contributed by atoms with Crippen molar-refractivity contribution in [1.29, 1.82) is 0 Å². The molecule has 3 N–H and O–H groups in total. The van der Waals surface area contributed by atoms with Crippen molar-refractivity contribution in [3.05, 3.63) is 0 Å². The third-order valence-electron chi connectivity index (χ3n) is 1.92. The molecular weight excluding hydrogens is 194 g/mol. The maximum absolute atomic E-state index is 11.2. The third kappa shape index (κ3) is 2.10. The molecule has 1 fully saturated rings. The van der Waals surface area contributed by atoms with Gasteiger partial charge in [0, 0.05) is 0 Å². The van der Waals surface area contributed by atoms with Crippen LogP contribution in [-0.4, -0.2) is 29.5 Å². The highest BCUT2D eigenvalue weighted by atomic mass is 35.5. The summed E-state index contributed by atoms with van der Waals surface area (Å²) in [5.74, 6) is -0.152. The molecule has 0 aromatic carbocycles. The van der Waals surface area contributed by atoms with E-state index in [1.165, 1.54) is 4.90 Å². The van der Waals surface area contributed by atoms with Gasteiger partial charge in [-0.05, 0) is 5.92 Å². The third-order valence-corrected chi connectivity index (χ3v) is 1.92. The summed E-state index contributed by atoms with van der Waals surface area (Å²) in [6.07, 6.45) is 0. The van der Waals surface area contributed by atoms with E-state index in [4.69, 9.17) is 5.73 Å². The second-order valence-corrected chi connectivity index (χ2v) is 3.14. The molecule has 5 nitrogen and oxygen atoms in total. The lowest BCUT2D eigenvalue weighted by atomic mass is 10.0. The van der Waals surface area contributed by atoms with Gasteiger partial charge in [0.15, 0.2) is 0 Å². The van der Waals surface area contributed by atoms with Crippen LogP contribution in [0.2, 0.25) is 0 Å². The second kappa shape index (κ2) is 4.43. The highest BCUT2D eigenvalue weighted by Gasteiger charge is 2.39. The maximum Gasteiger partial charge on any atom is 0.325 e. The Morgan fingerprint density at radius 3 is 2.38 bits per heavy atom. The fourth-order valence-corrected chi connectivity index (χ4v) is 1.38. The first-order valence-electron chi connectivity index (χ1n) is 3.89. The van der Waals surface area contributed by atoms with Crippen molar-refractivity contribution >= 4 is 24.3 Å². The lowest BCUT2D eigenvalue weighted by Crippen LogP contribution is -2.42. The van der Waals surface area contributed by atoms with Crippen LogP contribution in [0.25, 0.3) is 0 Å². The number of halogens is 1. The van der Waals surface area contributed by atoms with Gasteiger partial charge < -0.3 is 5.73 Å². The Labute approximate surface area is 83.0 Å². The number of hydrogen-bond donors (Lipinski definition) is 2. The number of carbonyl (C=O) groups excluding carboxylic acids is 2. The van der Waals surface area contributed by atoms with E-state index in [-0.39, 0.29) is 36.9 Å². The van der Waals surface area contributed by atoms with Crippen LogP contribution in [-0.2, 0) is 4.79 Å². The average Bonchev–Trinajstić information content (AvgIpc) is 2.24. The number of nitrogens with one attached hydrogen (secondary N) is 1. The average molecular weight is 208 g/mol. The number of nitrogens with two attached hydrogens (primary N) is 1. The Hall–Kier alpha value is -0.810. The molecule has 76 valence electrons. The van der Waals surface area contributed by atoms with Crippen LogP contribution in [0.4, 0.5) is 4.79 Å². The Bertz CT molecular complexity index is 220. The first-order valence-corrected chi connectivity index (χ1v) is 3.89. The molecule has 1 heterocycles. The highest BCUT2D eigenvalue weighted by molar-refractivity contribution is 6.04. The van der Waals surface area contributed by atoms with Crippen molar-refractivity contribution in [1.82, 2.24) is 10.2 Å². The fourth-order valence-electron chi connectivity index (χ4n) is 1.38. The van der Waals surface area contributed by atoms with Gasteiger partial charge in [0.2, 0.25) is 0 Å². The summed E-state index contributed by atoms with van der Waals surface area (Å²) in [7, 11) is 0. The maximum atomic E-state index is 11.2. The van der Waals surface area contributed by atoms with Crippen LogP contribution >= 0.6 is 12.4 Å². The van der Waals surface area contributed by atoms with Gasteiger partial charge in [0.25, 0.3) is 5.91 Å². The van der Waals surface area contributed by atoms with Crippen LogP contribution < -0.4 is 11.1 Å². The molecule has 6 heteroatoms. The summed E-state index contributed by atoms with van der Waals surface area (Å²) in [4.78, 5) is 23.6. The van der Waals surface area contributed by atoms with Crippen molar-refractivity contribution in [2.45, 2.75) is 19.9 Å². The van der Waals surface area contributed by atoms with Gasteiger partial charge in [-0.15, -0.1) is 12.4 Å². The fraction of sp³-hybridized carbons (Fsp3) is 0.714. The van der Waals surface area contributed by atoms with Crippen LogP contribution in [0.15, 0.2) is 0 Å². The Kier molecular flexibility index (Phi) is 4.16. The van der Waals surface area contributed by atoms with E-state index in [1.54, 1.807) is 0 Å². The van der Waals surface area contributed by atoms with E-state index in [0.717, 1.165) is 0 Å². The summed E-state index contributed by atoms with van der Waals surface area (Å²) in [6, 6.07) is -0.788. The lowest BCUT2D eigenvalue weighted by molar-refractivity contribution is -0.122. The zero-order chi connectivity index (χ0) is 9.30. The van der Waals surface area contributed by atoms with Crippen LogP contribution in [0.5, 0.6) is 0 Å². The molecule has 13 heavy (non-hydrogen) atoms. The first kappa shape index (κ1) is 12.2. The molecule has 1 aliphatic rings. The molecule has 0 saturated carbocycles. The van der Waals surface area contributed by atoms with Gasteiger partial charge >= 0.3 is 6.03 Å². The van der Waals surface area contributed by atoms with Crippen molar-refractivity contribution < 1.29 is 9.59 Å². The predicted molar refractivity (Wildman–Crippen MR) is 50.3 cm³/mol. The molecular formula is C7H14ClN3O2. The number of rotatable bonds is 2. The number of amides is 3. The molecule has 0 spiro atoms. The monoisotopic (exact) mass is 207 g/mol. The van der Waals surface area contributed by atoms with E-state index in [9.17, 15) is 9.59 Å². The Balaban J connectivity index is 0.00000144. The number of nitrogens with zero attached hydrogens (tertiary/aromatic N) is 1. The minimum absolute atomic E-state index is 0. The first-order chi connectivity index (χ1) is 5.57. The minimum atomic E-state index is -0.400. The summed E-state index contributed by atoms with van der Waals surface area (Å²) in [6.45, 7) is 3.84. The summed E-state index contributed by atoms with van der Waals surface area (Å²) < 4.78 is 0. The standard InChI is InChI=1S/C7H13N3O2.ClH/c1-4(2)5-6(11)9-7(12)10(5)3-8;/h4-5H,3,8H2,1-2H3,(H,9,11,12);1H. The van der Waals surface area contributed by atoms with Gasteiger partial charge in [-0.1, -0.05) is 13.8 Å². The van der Waals surface area contributed by atoms with E-state index >= 15 is 0 Å². The quantitative estimate of drug-likeness (QED) is 0.621. The summed E-state index contributed by atoms with van der Waals surface area (Å²) in [5, 5.41) is 2.22. The smallest absolute Gasteiger partial charge is 0.314 e. The van der Waals surface area contributed by atoms with Gasteiger partial charge in [0.05, 0.1) is 6.67 Å². The van der Waals surface area contributed by atoms with Crippen LogP contribution in [0, 0.1) is 5.92 Å². The van der Waals surface area contributed by atoms with Crippen molar-refractivity contribution in [3.8, 4) is 0 Å². The topological polar surface area (TPSA) is 75.4 Å². The summed E-state index contributed by atoms with van der Waals surface area (Å²) in [5.41, 5.74) is 5.33. The molecule has 3 amide bonds. The molecule has 1 unspecified atom stereocenters. The van der Waals surface area contributed by atoms with E-state index in [2.05, 4.69) is 5.32 Å². The normalized spacial score (nSPS) is 21.8. The van der Waals surface area contributed by atoms with Crippen molar-refractivity contribution in [3.63, 3.8) is 0 Å². The minimum Gasteiger partial charge on any atom is -0.314 e. The molecule has 0 aromatic heterocycles. The van der Waals surface area contributed by atoms with Gasteiger partial charge in [-0.25, -0.2) is 4.79 Å². The zero-order valence-electron chi connectivity index (χ0n) is 7.61. The van der Waals surface area contributed by atoms with Gasteiger partial charge in [0.1, 0.15) is 6.04 Å². The van der Waals surface area contributed by atoms with Crippen molar-refractivity contribution in [2.75, 3.05) is 6.67 Å². The van der Waals surface area contributed by atoms with E-state index in [1.807, 2.05) is 13.8 Å². The summed E-state index contributed by atoms with van der Waals surface area (Å²) >= 11 is 0. The highest BCUT2D eigenvalue weighted by Crippen LogP contribution is 2.14. The second-order valence-electron chi connectivity index (χ2n) is 3.14.